The maximum atomic E-state index is 12.3. The Labute approximate surface area is 168 Å². The van der Waals surface area contributed by atoms with Crippen molar-refractivity contribution in [3.8, 4) is 5.75 Å². The molecule has 2 aromatic rings. The summed E-state index contributed by atoms with van der Waals surface area (Å²) in [5.74, 6) is 0.407. The number of carbonyl (C=O) groups excluding carboxylic acids is 1. The van der Waals surface area contributed by atoms with Gasteiger partial charge < -0.3 is 10.1 Å². The molecule has 138 valence electrons. The largest absolute Gasteiger partial charge is 0.494 e. The lowest BCUT2D eigenvalue weighted by molar-refractivity contribution is 0.0977. The Morgan fingerprint density at radius 2 is 1.73 bits per heavy atom. The van der Waals surface area contributed by atoms with Crippen LogP contribution in [0.5, 0.6) is 5.75 Å². The highest BCUT2D eigenvalue weighted by atomic mass is 35.5. The van der Waals surface area contributed by atoms with Gasteiger partial charge in [-0.3, -0.25) is 10.1 Å². The van der Waals surface area contributed by atoms with Crippen molar-refractivity contribution in [3.63, 3.8) is 0 Å². The number of para-hydroxylation sites is 1. The summed E-state index contributed by atoms with van der Waals surface area (Å²) in [6, 6.07) is 12.0. The molecule has 1 amide bonds. The van der Waals surface area contributed by atoms with Crippen LogP contribution in [0.2, 0.25) is 10.0 Å². The van der Waals surface area contributed by atoms with E-state index in [1.54, 1.807) is 42.5 Å². The summed E-state index contributed by atoms with van der Waals surface area (Å²) in [6.07, 6.45) is 3.31. The molecule has 7 heteroatoms. The Morgan fingerprint density at radius 1 is 1.08 bits per heavy atom. The average molecular weight is 411 g/mol. The van der Waals surface area contributed by atoms with Crippen LogP contribution >= 0.6 is 35.4 Å². The van der Waals surface area contributed by atoms with Crippen LogP contribution in [0.15, 0.2) is 42.5 Å². The van der Waals surface area contributed by atoms with E-state index in [2.05, 4.69) is 17.6 Å². The number of unbranched alkanes of at least 4 members (excludes halogenated alkanes) is 2. The Balaban J connectivity index is 1.89. The molecule has 0 aromatic heterocycles. The first-order chi connectivity index (χ1) is 12.5. The minimum absolute atomic E-state index is 0.116. The number of carbonyl (C=O) groups is 1. The van der Waals surface area contributed by atoms with Gasteiger partial charge >= 0.3 is 0 Å². The molecule has 0 spiro atoms. The van der Waals surface area contributed by atoms with Gasteiger partial charge in [0, 0.05) is 5.56 Å². The van der Waals surface area contributed by atoms with Crippen molar-refractivity contribution < 1.29 is 9.53 Å². The second-order valence-corrected chi connectivity index (χ2v) is 6.81. The van der Waals surface area contributed by atoms with E-state index in [0.29, 0.717) is 27.9 Å². The summed E-state index contributed by atoms with van der Waals surface area (Å²) >= 11 is 17.3. The lowest BCUT2D eigenvalue weighted by Gasteiger charge is -2.12. The Hall–Kier alpha value is -1.82. The number of hydrogen-bond acceptors (Lipinski definition) is 3. The molecule has 0 saturated carbocycles. The van der Waals surface area contributed by atoms with Gasteiger partial charge in [0.1, 0.15) is 5.75 Å². The highest BCUT2D eigenvalue weighted by molar-refractivity contribution is 7.80. The number of nitrogens with one attached hydrogen (secondary N) is 2. The highest BCUT2D eigenvalue weighted by Gasteiger charge is 2.11. The summed E-state index contributed by atoms with van der Waals surface area (Å²) in [4.78, 5) is 12.3. The summed E-state index contributed by atoms with van der Waals surface area (Å²) in [5.41, 5.74) is 0.928. The Bertz CT molecular complexity index is 746. The van der Waals surface area contributed by atoms with Gasteiger partial charge in [0.25, 0.3) is 5.91 Å². The molecule has 0 heterocycles. The van der Waals surface area contributed by atoms with Crippen molar-refractivity contribution >= 4 is 52.1 Å². The monoisotopic (exact) mass is 410 g/mol. The van der Waals surface area contributed by atoms with Crippen LogP contribution in [0.3, 0.4) is 0 Å². The van der Waals surface area contributed by atoms with Crippen LogP contribution in [0.1, 0.15) is 36.5 Å². The third kappa shape index (κ3) is 6.16. The van der Waals surface area contributed by atoms with Crippen molar-refractivity contribution in [3.05, 3.63) is 58.1 Å². The van der Waals surface area contributed by atoms with Crippen molar-refractivity contribution in [2.45, 2.75) is 26.2 Å². The van der Waals surface area contributed by atoms with Gasteiger partial charge in [-0.1, -0.05) is 49.0 Å². The van der Waals surface area contributed by atoms with Gasteiger partial charge in [0.15, 0.2) is 5.11 Å². The zero-order chi connectivity index (χ0) is 18.9. The first kappa shape index (κ1) is 20.5. The summed E-state index contributed by atoms with van der Waals surface area (Å²) < 4.78 is 5.63. The van der Waals surface area contributed by atoms with Crippen LogP contribution in [0.25, 0.3) is 0 Å². The van der Waals surface area contributed by atoms with Crippen LogP contribution < -0.4 is 15.4 Å². The molecule has 0 fully saturated rings. The van der Waals surface area contributed by atoms with E-state index in [9.17, 15) is 4.79 Å². The van der Waals surface area contributed by atoms with E-state index in [1.807, 2.05) is 0 Å². The minimum atomic E-state index is -0.330. The summed E-state index contributed by atoms with van der Waals surface area (Å²) in [6.45, 7) is 2.82. The SMILES string of the molecule is CCCCCOc1ccc(C(=O)NC(=S)Nc2c(Cl)cccc2Cl)cc1. The normalized spacial score (nSPS) is 10.3. The standard InChI is InChI=1S/C19H20Cl2N2O2S/c1-2-3-4-12-25-14-10-8-13(9-11-14)18(24)23-19(26)22-17-15(20)6-5-7-16(17)21/h5-11H,2-4,12H2,1H3,(H2,22,23,24,26). The number of benzene rings is 2. The first-order valence-electron chi connectivity index (χ1n) is 8.30. The van der Waals surface area contributed by atoms with E-state index in [-0.39, 0.29) is 11.0 Å². The molecule has 0 unspecified atom stereocenters. The average Bonchev–Trinajstić information content (AvgIpc) is 2.62. The van der Waals surface area contributed by atoms with E-state index >= 15 is 0 Å². The second-order valence-electron chi connectivity index (χ2n) is 5.58. The lowest BCUT2D eigenvalue weighted by Crippen LogP contribution is -2.34. The number of anilines is 1. The molecule has 0 bridgehead atoms. The number of ether oxygens (including phenoxy) is 1. The lowest BCUT2D eigenvalue weighted by atomic mass is 10.2. The Morgan fingerprint density at radius 3 is 2.35 bits per heavy atom. The molecule has 2 rings (SSSR count). The smallest absolute Gasteiger partial charge is 0.257 e. The quantitative estimate of drug-likeness (QED) is 0.454. The van der Waals surface area contributed by atoms with Crippen LogP contribution in [-0.2, 0) is 0 Å². The van der Waals surface area contributed by atoms with Gasteiger partial charge in [-0.25, -0.2) is 0 Å². The van der Waals surface area contributed by atoms with Gasteiger partial charge in [0.2, 0.25) is 0 Å². The van der Waals surface area contributed by atoms with Gasteiger partial charge in [-0.15, -0.1) is 0 Å². The second kappa shape index (κ2) is 10.4. The van der Waals surface area contributed by atoms with Gasteiger partial charge in [-0.2, -0.15) is 0 Å². The van der Waals surface area contributed by atoms with Crippen molar-refractivity contribution in [1.29, 1.82) is 0 Å². The number of thiocarbonyl (C=S) groups is 1. The maximum Gasteiger partial charge on any atom is 0.257 e. The fourth-order valence-electron chi connectivity index (χ4n) is 2.18. The fraction of sp³-hybridized carbons (Fsp3) is 0.263. The van der Waals surface area contributed by atoms with E-state index in [0.717, 1.165) is 25.0 Å². The van der Waals surface area contributed by atoms with Gasteiger partial charge in [0.05, 0.1) is 22.3 Å². The third-order valence-electron chi connectivity index (χ3n) is 3.56. The number of amides is 1. The van der Waals surface area contributed by atoms with Crippen LogP contribution in [0.4, 0.5) is 5.69 Å². The van der Waals surface area contributed by atoms with Crippen LogP contribution in [0, 0.1) is 0 Å². The maximum absolute atomic E-state index is 12.3. The highest BCUT2D eigenvalue weighted by Crippen LogP contribution is 2.29. The van der Waals surface area contributed by atoms with E-state index < -0.39 is 0 Å². The molecule has 0 aliphatic rings. The van der Waals surface area contributed by atoms with E-state index in [1.165, 1.54) is 0 Å². The van der Waals surface area contributed by atoms with Crippen molar-refractivity contribution in [2.24, 2.45) is 0 Å². The fourth-order valence-corrected chi connectivity index (χ4v) is 2.87. The predicted molar refractivity (Wildman–Crippen MR) is 112 cm³/mol. The molecule has 0 aliphatic carbocycles. The molecule has 0 aliphatic heterocycles. The molecular weight excluding hydrogens is 391 g/mol. The molecule has 4 nitrogen and oxygen atoms in total. The molecule has 0 atom stereocenters. The van der Waals surface area contributed by atoms with Crippen LogP contribution in [-0.4, -0.2) is 17.6 Å². The zero-order valence-electron chi connectivity index (χ0n) is 14.4. The Kier molecular flexibility index (Phi) is 8.16. The van der Waals surface area contributed by atoms with Gasteiger partial charge in [-0.05, 0) is 55.0 Å². The number of halogens is 2. The molecule has 2 aromatic carbocycles. The molecule has 0 radical (unpaired) electrons. The first-order valence-corrected chi connectivity index (χ1v) is 9.47. The number of rotatable bonds is 7. The zero-order valence-corrected chi connectivity index (χ0v) is 16.7. The topological polar surface area (TPSA) is 50.4 Å². The molecular formula is C19H20Cl2N2O2S. The molecule has 26 heavy (non-hydrogen) atoms. The van der Waals surface area contributed by atoms with Crippen molar-refractivity contribution in [2.75, 3.05) is 11.9 Å². The van der Waals surface area contributed by atoms with Crippen molar-refractivity contribution in [1.82, 2.24) is 5.32 Å². The molecule has 0 saturated heterocycles. The molecule has 2 N–H and O–H groups in total. The summed E-state index contributed by atoms with van der Waals surface area (Å²) in [5, 5.41) is 6.39. The predicted octanol–water partition coefficient (Wildman–Crippen LogP) is 5.69. The minimum Gasteiger partial charge on any atom is -0.494 e. The van der Waals surface area contributed by atoms with E-state index in [4.69, 9.17) is 40.2 Å². The number of hydrogen-bond donors (Lipinski definition) is 2. The third-order valence-corrected chi connectivity index (χ3v) is 4.40. The summed E-state index contributed by atoms with van der Waals surface area (Å²) in [7, 11) is 0.